The normalized spacial score (nSPS) is 12.4. The maximum atomic E-state index is 4.56. The molecule has 1 N–H and O–H groups in total. The molecule has 0 radical (unpaired) electrons. The van der Waals surface area contributed by atoms with Gasteiger partial charge in [0.2, 0.25) is 5.95 Å². The summed E-state index contributed by atoms with van der Waals surface area (Å²) >= 11 is 0. The highest BCUT2D eigenvalue weighted by Gasteiger charge is 2.13. The maximum absolute atomic E-state index is 4.56. The van der Waals surface area contributed by atoms with Crippen molar-refractivity contribution < 1.29 is 0 Å². The zero-order chi connectivity index (χ0) is 13.7. The van der Waals surface area contributed by atoms with E-state index >= 15 is 0 Å². The van der Waals surface area contributed by atoms with E-state index in [2.05, 4.69) is 46.0 Å². The number of aryl methyl sites for hydroxylation is 1. The lowest BCUT2D eigenvalue weighted by molar-refractivity contribution is 0.638. The van der Waals surface area contributed by atoms with Crippen molar-refractivity contribution in [2.45, 2.75) is 39.7 Å². The molecule has 1 atom stereocenters. The van der Waals surface area contributed by atoms with Crippen molar-refractivity contribution in [3.05, 3.63) is 42.0 Å². The molecule has 0 aromatic carbocycles. The summed E-state index contributed by atoms with van der Waals surface area (Å²) in [6, 6.07) is 4.31. The van der Waals surface area contributed by atoms with Gasteiger partial charge in [0.25, 0.3) is 0 Å². The van der Waals surface area contributed by atoms with Gasteiger partial charge in [-0.1, -0.05) is 19.4 Å². The number of nitrogens with zero attached hydrogens (tertiary/aromatic N) is 3. The largest absolute Gasteiger partial charge is 0.356 e. The number of rotatable bonds is 6. The Morgan fingerprint density at radius 2 is 2.26 bits per heavy atom. The number of aromatic nitrogens is 3. The van der Waals surface area contributed by atoms with Gasteiger partial charge >= 0.3 is 0 Å². The van der Waals surface area contributed by atoms with E-state index in [0.717, 1.165) is 24.6 Å². The van der Waals surface area contributed by atoms with Crippen LogP contribution in [0.25, 0.3) is 0 Å². The Bertz CT molecular complexity index is 504. The second-order valence-electron chi connectivity index (χ2n) is 4.86. The topological polar surface area (TPSA) is 42.7 Å². The average molecular weight is 258 g/mol. The molecule has 0 aliphatic rings. The highest BCUT2D eigenvalue weighted by Crippen LogP contribution is 2.22. The third-order valence-corrected chi connectivity index (χ3v) is 3.25. The molecule has 19 heavy (non-hydrogen) atoms. The lowest BCUT2D eigenvalue weighted by Crippen LogP contribution is -2.12. The van der Waals surface area contributed by atoms with Crippen LogP contribution in [0.15, 0.2) is 30.7 Å². The van der Waals surface area contributed by atoms with E-state index in [0.29, 0.717) is 0 Å². The first-order valence-corrected chi connectivity index (χ1v) is 6.91. The summed E-state index contributed by atoms with van der Waals surface area (Å²) in [6.45, 7) is 7.35. The monoisotopic (exact) mass is 258 g/mol. The molecule has 4 nitrogen and oxygen atoms in total. The molecule has 0 saturated heterocycles. The number of pyridine rings is 1. The molecule has 0 saturated carbocycles. The van der Waals surface area contributed by atoms with Gasteiger partial charge in [0.05, 0.1) is 11.7 Å². The fraction of sp³-hybridized carbons (Fsp3) is 0.467. The zero-order valence-electron chi connectivity index (χ0n) is 11.9. The summed E-state index contributed by atoms with van der Waals surface area (Å²) < 4.78 is 2.18. The third kappa shape index (κ3) is 3.34. The Kier molecular flexibility index (Phi) is 4.55. The predicted octanol–water partition coefficient (Wildman–Crippen LogP) is 3.41. The first kappa shape index (κ1) is 13.6. The number of hydrogen-bond acceptors (Lipinski definition) is 3. The highest BCUT2D eigenvalue weighted by molar-refractivity contribution is 5.32. The zero-order valence-corrected chi connectivity index (χ0v) is 11.9. The minimum atomic E-state index is 0.235. The van der Waals surface area contributed by atoms with Crippen LogP contribution in [-0.2, 0) is 0 Å². The molecule has 4 heteroatoms. The summed E-state index contributed by atoms with van der Waals surface area (Å²) in [5, 5.41) is 3.42. The van der Waals surface area contributed by atoms with Gasteiger partial charge in [-0.05, 0) is 31.9 Å². The van der Waals surface area contributed by atoms with E-state index in [4.69, 9.17) is 0 Å². The lowest BCUT2D eigenvalue weighted by atomic mass is 10.1. The van der Waals surface area contributed by atoms with Crippen molar-refractivity contribution in [2.24, 2.45) is 0 Å². The fourth-order valence-corrected chi connectivity index (χ4v) is 2.10. The molecule has 0 fully saturated rings. The minimum absolute atomic E-state index is 0.235. The van der Waals surface area contributed by atoms with Crippen LogP contribution >= 0.6 is 0 Å². The van der Waals surface area contributed by atoms with E-state index in [1.165, 1.54) is 12.0 Å². The Morgan fingerprint density at radius 3 is 2.95 bits per heavy atom. The van der Waals surface area contributed by atoms with E-state index in [9.17, 15) is 0 Å². The first-order chi connectivity index (χ1) is 9.22. The molecular weight excluding hydrogens is 236 g/mol. The smallest absolute Gasteiger partial charge is 0.203 e. The van der Waals surface area contributed by atoms with Crippen LogP contribution < -0.4 is 5.32 Å². The number of hydrogen-bond donors (Lipinski definition) is 1. The van der Waals surface area contributed by atoms with E-state index in [1.807, 2.05) is 19.2 Å². The quantitative estimate of drug-likeness (QED) is 0.807. The molecular formula is C15H22N4. The molecule has 0 aliphatic carbocycles. The van der Waals surface area contributed by atoms with Gasteiger partial charge in [0.15, 0.2) is 0 Å². The first-order valence-electron chi connectivity index (χ1n) is 6.91. The standard InChI is InChI=1S/C15H22N4/c1-4-5-9-17-15-18-12(2)11-19(15)13(3)14-7-6-8-16-10-14/h6-8,10-11,13H,4-5,9H2,1-3H3,(H,17,18). The minimum Gasteiger partial charge on any atom is -0.356 e. The molecule has 0 aliphatic heterocycles. The summed E-state index contributed by atoms with van der Waals surface area (Å²) in [4.78, 5) is 8.75. The fourth-order valence-electron chi connectivity index (χ4n) is 2.10. The Hall–Kier alpha value is -1.84. The van der Waals surface area contributed by atoms with E-state index < -0.39 is 0 Å². The molecule has 2 heterocycles. The van der Waals surface area contributed by atoms with Gasteiger partial charge in [-0.15, -0.1) is 0 Å². The van der Waals surface area contributed by atoms with Gasteiger partial charge in [-0.2, -0.15) is 0 Å². The molecule has 0 spiro atoms. The second-order valence-corrected chi connectivity index (χ2v) is 4.86. The van der Waals surface area contributed by atoms with Gasteiger partial charge in [0.1, 0.15) is 0 Å². The molecule has 0 bridgehead atoms. The van der Waals surface area contributed by atoms with Crippen LogP contribution in [0, 0.1) is 6.92 Å². The number of unbranched alkanes of at least 4 members (excludes halogenated alkanes) is 1. The van der Waals surface area contributed by atoms with Gasteiger partial charge in [-0.3, -0.25) is 4.98 Å². The van der Waals surface area contributed by atoms with Gasteiger partial charge in [-0.25, -0.2) is 4.98 Å². The van der Waals surface area contributed by atoms with Crippen molar-refractivity contribution in [1.29, 1.82) is 0 Å². The predicted molar refractivity (Wildman–Crippen MR) is 78.4 cm³/mol. The van der Waals surface area contributed by atoms with E-state index in [1.54, 1.807) is 6.20 Å². The summed E-state index contributed by atoms with van der Waals surface area (Å²) in [5.41, 5.74) is 2.23. The number of anilines is 1. The maximum Gasteiger partial charge on any atom is 0.203 e. The summed E-state index contributed by atoms with van der Waals surface area (Å²) in [6.07, 6.45) is 8.15. The number of imidazole rings is 1. The molecule has 2 aromatic rings. The van der Waals surface area contributed by atoms with Crippen molar-refractivity contribution >= 4 is 5.95 Å². The van der Waals surface area contributed by atoms with Crippen molar-refractivity contribution in [3.8, 4) is 0 Å². The van der Waals surface area contributed by atoms with Crippen molar-refractivity contribution in [2.75, 3.05) is 11.9 Å². The molecule has 2 rings (SSSR count). The van der Waals surface area contributed by atoms with E-state index in [-0.39, 0.29) is 6.04 Å². The SMILES string of the molecule is CCCCNc1nc(C)cn1C(C)c1cccnc1. The number of nitrogens with one attached hydrogen (secondary N) is 1. The molecule has 0 amide bonds. The molecule has 2 aromatic heterocycles. The molecule has 1 unspecified atom stereocenters. The van der Waals surface area contributed by atoms with Gasteiger partial charge < -0.3 is 9.88 Å². The lowest BCUT2D eigenvalue weighted by Gasteiger charge is -2.17. The average Bonchev–Trinajstić information content (AvgIpc) is 2.80. The van der Waals surface area contributed by atoms with Crippen LogP contribution in [0.4, 0.5) is 5.95 Å². The van der Waals surface area contributed by atoms with Crippen LogP contribution in [0.3, 0.4) is 0 Å². The van der Waals surface area contributed by atoms with Crippen molar-refractivity contribution in [3.63, 3.8) is 0 Å². The Balaban J connectivity index is 2.19. The molecule has 102 valence electrons. The van der Waals surface area contributed by atoms with Crippen LogP contribution in [0.2, 0.25) is 0 Å². The van der Waals surface area contributed by atoms with Crippen LogP contribution in [0.1, 0.15) is 44.0 Å². The summed E-state index contributed by atoms with van der Waals surface area (Å²) in [5.74, 6) is 0.947. The van der Waals surface area contributed by atoms with Gasteiger partial charge in [0, 0.05) is 25.1 Å². The summed E-state index contributed by atoms with van der Waals surface area (Å²) in [7, 11) is 0. The van der Waals surface area contributed by atoms with Crippen LogP contribution in [0.5, 0.6) is 0 Å². The van der Waals surface area contributed by atoms with Crippen LogP contribution in [-0.4, -0.2) is 21.1 Å². The van der Waals surface area contributed by atoms with Crippen molar-refractivity contribution in [1.82, 2.24) is 14.5 Å². The highest BCUT2D eigenvalue weighted by atomic mass is 15.2. The third-order valence-electron chi connectivity index (χ3n) is 3.25. The Labute approximate surface area is 114 Å². The second kappa shape index (κ2) is 6.36. The Morgan fingerprint density at radius 1 is 1.42 bits per heavy atom.